The van der Waals surface area contributed by atoms with Crippen molar-refractivity contribution >= 4 is 23.4 Å². The van der Waals surface area contributed by atoms with Crippen LogP contribution in [0.25, 0.3) is 0 Å². The molecule has 0 amide bonds. The SMILES string of the molecule is CCOC(=O)c1cnc(Cl)nc1NCc1ccc(OC)cc1. The lowest BCUT2D eigenvalue weighted by molar-refractivity contribution is 0.0526. The molecule has 7 heteroatoms. The van der Waals surface area contributed by atoms with Gasteiger partial charge in [0, 0.05) is 12.7 Å². The fourth-order valence-electron chi connectivity index (χ4n) is 1.78. The quantitative estimate of drug-likeness (QED) is 0.651. The number of ether oxygens (including phenoxy) is 2. The molecular weight excluding hydrogens is 306 g/mol. The molecule has 1 aromatic heterocycles. The molecule has 1 heterocycles. The molecule has 0 bridgehead atoms. The number of rotatable bonds is 6. The molecule has 0 radical (unpaired) electrons. The molecule has 2 rings (SSSR count). The number of aromatic nitrogens is 2. The number of carbonyl (C=O) groups is 1. The molecule has 0 aliphatic rings. The molecule has 0 unspecified atom stereocenters. The van der Waals surface area contributed by atoms with Crippen molar-refractivity contribution in [2.45, 2.75) is 13.5 Å². The normalized spacial score (nSPS) is 10.1. The topological polar surface area (TPSA) is 73.3 Å². The van der Waals surface area contributed by atoms with E-state index in [0.717, 1.165) is 11.3 Å². The molecule has 0 fully saturated rings. The minimum absolute atomic E-state index is 0.0604. The van der Waals surface area contributed by atoms with Crippen LogP contribution in [0, 0.1) is 0 Å². The number of nitrogens with one attached hydrogen (secondary N) is 1. The zero-order valence-corrected chi connectivity index (χ0v) is 13.1. The van der Waals surface area contributed by atoms with Gasteiger partial charge < -0.3 is 14.8 Å². The van der Waals surface area contributed by atoms with Crippen molar-refractivity contribution in [1.82, 2.24) is 9.97 Å². The van der Waals surface area contributed by atoms with E-state index >= 15 is 0 Å². The third kappa shape index (κ3) is 4.08. The van der Waals surface area contributed by atoms with Gasteiger partial charge in [-0.3, -0.25) is 0 Å². The van der Waals surface area contributed by atoms with Crippen molar-refractivity contribution in [2.75, 3.05) is 19.0 Å². The number of nitrogens with zero attached hydrogens (tertiary/aromatic N) is 2. The number of anilines is 1. The molecule has 22 heavy (non-hydrogen) atoms. The molecule has 0 saturated carbocycles. The van der Waals surface area contributed by atoms with Crippen molar-refractivity contribution in [1.29, 1.82) is 0 Å². The molecule has 6 nitrogen and oxygen atoms in total. The molecule has 0 aliphatic carbocycles. The van der Waals surface area contributed by atoms with Gasteiger partial charge in [-0.15, -0.1) is 0 Å². The summed E-state index contributed by atoms with van der Waals surface area (Å²) in [5.74, 6) is 0.631. The van der Waals surface area contributed by atoms with Crippen LogP contribution in [0.15, 0.2) is 30.5 Å². The summed E-state index contributed by atoms with van der Waals surface area (Å²) in [5, 5.41) is 3.13. The van der Waals surface area contributed by atoms with Gasteiger partial charge in [-0.2, -0.15) is 4.98 Å². The zero-order chi connectivity index (χ0) is 15.9. The van der Waals surface area contributed by atoms with Crippen LogP contribution < -0.4 is 10.1 Å². The van der Waals surface area contributed by atoms with Crippen molar-refractivity contribution < 1.29 is 14.3 Å². The Morgan fingerprint density at radius 3 is 2.68 bits per heavy atom. The highest BCUT2D eigenvalue weighted by Gasteiger charge is 2.15. The highest BCUT2D eigenvalue weighted by molar-refractivity contribution is 6.28. The first-order valence-electron chi connectivity index (χ1n) is 6.70. The van der Waals surface area contributed by atoms with E-state index in [9.17, 15) is 4.79 Å². The summed E-state index contributed by atoms with van der Waals surface area (Å²) in [6.07, 6.45) is 1.35. The van der Waals surface area contributed by atoms with E-state index in [1.165, 1.54) is 6.20 Å². The number of benzene rings is 1. The molecule has 1 N–H and O–H groups in total. The Bertz CT molecular complexity index is 647. The van der Waals surface area contributed by atoms with Gasteiger partial charge >= 0.3 is 5.97 Å². The maximum absolute atomic E-state index is 11.9. The number of methoxy groups -OCH3 is 1. The minimum Gasteiger partial charge on any atom is -0.497 e. The highest BCUT2D eigenvalue weighted by Crippen LogP contribution is 2.17. The summed E-state index contributed by atoms with van der Waals surface area (Å²) in [7, 11) is 1.61. The standard InChI is InChI=1S/C15H16ClN3O3/c1-3-22-14(20)12-9-18-15(16)19-13(12)17-8-10-4-6-11(21-2)7-5-10/h4-7,9H,3,8H2,1-2H3,(H,17,18,19). The number of halogens is 1. The lowest BCUT2D eigenvalue weighted by Crippen LogP contribution is -2.12. The van der Waals surface area contributed by atoms with Crippen LogP contribution in [-0.2, 0) is 11.3 Å². The number of carbonyl (C=O) groups excluding carboxylic acids is 1. The Morgan fingerprint density at radius 2 is 2.05 bits per heavy atom. The lowest BCUT2D eigenvalue weighted by atomic mass is 10.2. The second-order valence-electron chi connectivity index (χ2n) is 4.32. The van der Waals surface area contributed by atoms with Crippen LogP contribution in [0.3, 0.4) is 0 Å². The van der Waals surface area contributed by atoms with Crippen LogP contribution in [-0.4, -0.2) is 29.7 Å². The van der Waals surface area contributed by atoms with Gasteiger partial charge in [0.25, 0.3) is 0 Å². The van der Waals surface area contributed by atoms with Gasteiger partial charge in [0.1, 0.15) is 17.1 Å². The van der Waals surface area contributed by atoms with E-state index in [1.54, 1.807) is 14.0 Å². The van der Waals surface area contributed by atoms with Crippen LogP contribution in [0.2, 0.25) is 5.28 Å². The lowest BCUT2D eigenvalue weighted by Gasteiger charge is -2.10. The maximum Gasteiger partial charge on any atom is 0.343 e. The average Bonchev–Trinajstić information content (AvgIpc) is 2.53. The maximum atomic E-state index is 11.9. The summed E-state index contributed by atoms with van der Waals surface area (Å²) in [6.45, 7) is 2.49. The molecule has 0 spiro atoms. The molecule has 0 atom stereocenters. The smallest absolute Gasteiger partial charge is 0.343 e. The highest BCUT2D eigenvalue weighted by atomic mass is 35.5. The van der Waals surface area contributed by atoms with Crippen LogP contribution in [0.4, 0.5) is 5.82 Å². The van der Waals surface area contributed by atoms with E-state index in [1.807, 2.05) is 24.3 Å². The monoisotopic (exact) mass is 321 g/mol. The Kier molecular flexibility index (Phi) is 5.55. The largest absolute Gasteiger partial charge is 0.497 e. The van der Waals surface area contributed by atoms with Crippen LogP contribution in [0.1, 0.15) is 22.8 Å². The first kappa shape index (κ1) is 16.0. The Balaban J connectivity index is 2.13. The van der Waals surface area contributed by atoms with Crippen molar-refractivity contribution in [2.24, 2.45) is 0 Å². The Hall–Kier alpha value is -2.34. The summed E-state index contributed by atoms with van der Waals surface area (Å²) >= 11 is 5.79. The second-order valence-corrected chi connectivity index (χ2v) is 4.66. The molecule has 2 aromatic rings. The molecule has 0 saturated heterocycles. The average molecular weight is 322 g/mol. The van der Waals surface area contributed by atoms with E-state index in [-0.39, 0.29) is 17.5 Å². The van der Waals surface area contributed by atoms with Crippen molar-refractivity contribution in [3.8, 4) is 5.75 Å². The minimum atomic E-state index is -0.489. The summed E-state index contributed by atoms with van der Waals surface area (Å²) in [6, 6.07) is 7.55. The fraction of sp³-hybridized carbons (Fsp3) is 0.267. The van der Waals surface area contributed by atoms with Gasteiger partial charge in [0.15, 0.2) is 0 Å². The van der Waals surface area contributed by atoms with Crippen LogP contribution >= 0.6 is 11.6 Å². The van der Waals surface area contributed by atoms with Gasteiger partial charge in [0.05, 0.1) is 13.7 Å². The van der Waals surface area contributed by atoms with Gasteiger partial charge in [0.2, 0.25) is 5.28 Å². The predicted molar refractivity (Wildman–Crippen MR) is 83.3 cm³/mol. The number of hydrogen-bond acceptors (Lipinski definition) is 6. The second kappa shape index (κ2) is 7.61. The van der Waals surface area contributed by atoms with E-state index in [4.69, 9.17) is 21.1 Å². The van der Waals surface area contributed by atoms with E-state index in [0.29, 0.717) is 12.4 Å². The molecule has 1 aromatic carbocycles. The molecule has 0 aliphatic heterocycles. The van der Waals surface area contributed by atoms with Crippen LogP contribution in [0.5, 0.6) is 5.75 Å². The van der Waals surface area contributed by atoms with Crippen molar-refractivity contribution in [3.05, 3.63) is 46.9 Å². The Morgan fingerprint density at radius 1 is 1.32 bits per heavy atom. The summed E-state index contributed by atoms with van der Waals surface area (Å²) in [5.41, 5.74) is 1.25. The predicted octanol–water partition coefficient (Wildman–Crippen LogP) is 2.93. The summed E-state index contributed by atoms with van der Waals surface area (Å²) < 4.78 is 10.1. The van der Waals surface area contributed by atoms with Crippen molar-refractivity contribution in [3.63, 3.8) is 0 Å². The number of hydrogen-bond donors (Lipinski definition) is 1. The fourth-order valence-corrected chi connectivity index (χ4v) is 1.92. The summed E-state index contributed by atoms with van der Waals surface area (Å²) in [4.78, 5) is 19.7. The molecule has 116 valence electrons. The third-order valence-corrected chi connectivity index (χ3v) is 3.06. The Labute approximate surface area is 133 Å². The van der Waals surface area contributed by atoms with Gasteiger partial charge in [-0.25, -0.2) is 9.78 Å². The van der Waals surface area contributed by atoms with E-state index < -0.39 is 5.97 Å². The number of esters is 1. The first-order valence-corrected chi connectivity index (χ1v) is 7.08. The molecular formula is C15H16ClN3O3. The third-order valence-electron chi connectivity index (χ3n) is 2.87. The zero-order valence-electron chi connectivity index (χ0n) is 12.3. The first-order chi connectivity index (χ1) is 10.6. The van der Waals surface area contributed by atoms with Gasteiger partial charge in [-0.1, -0.05) is 12.1 Å². The van der Waals surface area contributed by atoms with E-state index in [2.05, 4.69) is 15.3 Å². The van der Waals surface area contributed by atoms with Gasteiger partial charge in [-0.05, 0) is 36.2 Å².